The topological polar surface area (TPSA) is 144 Å². The van der Waals surface area contributed by atoms with Crippen LogP contribution in [0.15, 0.2) is 85.2 Å². The molecule has 0 unspecified atom stereocenters. The molecule has 2 atom stereocenters. The van der Waals surface area contributed by atoms with E-state index in [0.717, 1.165) is 27.8 Å². The number of aliphatic hydroxyl groups is 1. The van der Waals surface area contributed by atoms with Crippen LogP contribution >= 0.6 is 0 Å². The summed E-state index contributed by atoms with van der Waals surface area (Å²) in [6, 6.07) is 20.8. The summed E-state index contributed by atoms with van der Waals surface area (Å²) in [4.78, 5) is 27.1. The third-order valence-corrected chi connectivity index (χ3v) is 6.63. The fraction of sp³-hybridized carbons (Fsp3) is 0.226. The van der Waals surface area contributed by atoms with Gasteiger partial charge in [-0.2, -0.15) is 0 Å². The first-order valence-electron chi connectivity index (χ1n) is 13.0. The highest BCUT2D eigenvalue weighted by Crippen LogP contribution is 2.36. The Kier molecular flexibility index (Phi) is 9.62. The molecule has 0 aliphatic carbocycles. The Morgan fingerprint density at radius 2 is 1.76 bits per heavy atom. The predicted molar refractivity (Wildman–Crippen MR) is 153 cm³/mol. The van der Waals surface area contributed by atoms with Crippen molar-refractivity contribution in [1.82, 2.24) is 10.3 Å². The van der Waals surface area contributed by atoms with Gasteiger partial charge in [-0.25, -0.2) is 0 Å². The molecule has 3 aromatic carbocycles. The van der Waals surface area contributed by atoms with Gasteiger partial charge in [-0.15, -0.1) is 0 Å². The molecule has 0 fully saturated rings. The number of pyridine rings is 1. The van der Waals surface area contributed by atoms with Crippen LogP contribution in [-0.2, 0) is 24.6 Å². The van der Waals surface area contributed by atoms with Gasteiger partial charge in [0.2, 0.25) is 5.75 Å². The van der Waals surface area contributed by atoms with Crippen molar-refractivity contribution in [2.45, 2.75) is 45.8 Å². The number of rotatable bonds is 13. The standard InChI is InChI=1S/C31H31N3O7/c1-20-24(11-6-12-26(20)23-9-4-3-5-10-23)19-41-29-15-28(40-18-22-8-7-13-32-16-22)25(14-27(29)34(38)39)17-33-30(21(2)35)31(36)37/h3-16,21,30,33,35H,17-19H2,1-2H3,(H,36,37)/t21-,30+/m1/s1. The van der Waals surface area contributed by atoms with Gasteiger partial charge in [0, 0.05) is 42.2 Å². The summed E-state index contributed by atoms with van der Waals surface area (Å²) >= 11 is 0. The Morgan fingerprint density at radius 3 is 2.41 bits per heavy atom. The van der Waals surface area contributed by atoms with Gasteiger partial charge >= 0.3 is 11.7 Å². The second kappa shape index (κ2) is 13.5. The maximum atomic E-state index is 12.1. The number of nitro benzene ring substituents is 1. The Balaban J connectivity index is 1.65. The number of carbonyl (C=O) groups is 1. The third-order valence-electron chi connectivity index (χ3n) is 6.63. The Hall–Kier alpha value is -4.80. The summed E-state index contributed by atoms with van der Waals surface area (Å²) in [6.07, 6.45) is 2.07. The third kappa shape index (κ3) is 7.44. The van der Waals surface area contributed by atoms with Crippen molar-refractivity contribution in [3.05, 3.63) is 118 Å². The number of nitrogens with one attached hydrogen (secondary N) is 1. The summed E-state index contributed by atoms with van der Waals surface area (Å²) in [6.45, 7) is 3.42. The monoisotopic (exact) mass is 557 g/mol. The van der Waals surface area contributed by atoms with Crippen molar-refractivity contribution in [3.63, 3.8) is 0 Å². The molecule has 3 N–H and O–H groups in total. The van der Waals surface area contributed by atoms with Gasteiger partial charge < -0.3 is 19.7 Å². The number of aliphatic hydroxyl groups excluding tert-OH is 1. The molecule has 0 radical (unpaired) electrons. The van der Waals surface area contributed by atoms with Crippen LogP contribution in [0, 0.1) is 17.0 Å². The average Bonchev–Trinajstić information content (AvgIpc) is 2.96. The highest BCUT2D eigenvalue weighted by Gasteiger charge is 2.25. The van der Waals surface area contributed by atoms with Crippen LogP contribution < -0.4 is 14.8 Å². The summed E-state index contributed by atoms with van der Waals surface area (Å²) in [5.74, 6) is -0.971. The van der Waals surface area contributed by atoms with Gasteiger partial charge in [-0.05, 0) is 42.2 Å². The number of hydrogen-bond donors (Lipinski definition) is 3. The number of aromatic nitrogens is 1. The lowest BCUT2D eigenvalue weighted by Crippen LogP contribution is -2.44. The molecule has 10 heteroatoms. The van der Waals surface area contributed by atoms with Crippen molar-refractivity contribution >= 4 is 11.7 Å². The van der Waals surface area contributed by atoms with E-state index in [1.54, 1.807) is 18.5 Å². The van der Waals surface area contributed by atoms with E-state index < -0.39 is 23.0 Å². The Labute approximate surface area is 237 Å². The lowest BCUT2D eigenvalue weighted by molar-refractivity contribution is -0.386. The fourth-order valence-electron chi connectivity index (χ4n) is 4.38. The molecule has 0 saturated carbocycles. The number of nitro groups is 1. The van der Waals surface area contributed by atoms with Crippen LogP contribution in [0.25, 0.3) is 11.1 Å². The van der Waals surface area contributed by atoms with Gasteiger partial charge in [-0.1, -0.05) is 54.6 Å². The van der Waals surface area contributed by atoms with E-state index in [-0.39, 0.29) is 36.9 Å². The number of carboxylic acid groups (broad SMARTS) is 1. The van der Waals surface area contributed by atoms with Gasteiger partial charge in [0.05, 0.1) is 11.0 Å². The van der Waals surface area contributed by atoms with Crippen LogP contribution in [0.3, 0.4) is 0 Å². The largest absolute Gasteiger partial charge is 0.488 e. The van der Waals surface area contributed by atoms with Crippen LogP contribution in [0.1, 0.15) is 29.2 Å². The second-order valence-electron chi connectivity index (χ2n) is 9.52. The van der Waals surface area contributed by atoms with E-state index in [1.165, 1.54) is 19.1 Å². The first kappa shape index (κ1) is 29.2. The van der Waals surface area contributed by atoms with Crippen molar-refractivity contribution in [3.8, 4) is 22.6 Å². The molecule has 10 nitrogen and oxygen atoms in total. The SMILES string of the molecule is Cc1c(COc2cc(OCc3cccnc3)c(CN[C@H](C(=O)O)[C@@H](C)O)cc2[N+](=O)[O-])cccc1-c1ccccc1. The number of nitrogens with zero attached hydrogens (tertiary/aromatic N) is 2. The zero-order valence-electron chi connectivity index (χ0n) is 22.7. The molecular formula is C31H31N3O7. The zero-order chi connectivity index (χ0) is 29.4. The summed E-state index contributed by atoms with van der Waals surface area (Å²) in [5, 5.41) is 34.1. The minimum absolute atomic E-state index is 0.00904. The van der Waals surface area contributed by atoms with Gasteiger partial charge in [0.1, 0.15) is 25.0 Å². The zero-order valence-corrected chi connectivity index (χ0v) is 22.7. The van der Waals surface area contributed by atoms with Gasteiger partial charge in [0.15, 0.2) is 0 Å². The van der Waals surface area contributed by atoms with E-state index in [1.807, 2.05) is 61.5 Å². The first-order valence-corrected chi connectivity index (χ1v) is 13.0. The van der Waals surface area contributed by atoms with Crippen LogP contribution in [0.2, 0.25) is 0 Å². The molecular weight excluding hydrogens is 526 g/mol. The van der Waals surface area contributed by atoms with Crippen molar-refractivity contribution in [2.24, 2.45) is 0 Å². The van der Waals surface area contributed by atoms with Crippen LogP contribution in [-0.4, -0.2) is 38.2 Å². The number of aliphatic carboxylic acids is 1. The smallest absolute Gasteiger partial charge is 0.323 e. The molecule has 0 bridgehead atoms. The lowest BCUT2D eigenvalue weighted by Gasteiger charge is -2.19. The first-order chi connectivity index (χ1) is 19.7. The van der Waals surface area contributed by atoms with E-state index in [4.69, 9.17) is 9.47 Å². The number of carboxylic acids is 1. The van der Waals surface area contributed by atoms with E-state index in [2.05, 4.69) is 10.3 Å². The molecule has 0 amide bonds. The molecule has 0 spiro atoms. The molecule has 212 valence electrons. The summed E-state index contributed by atoms with van der Waals surface area (Å²) in [5.41, 5.74) is 4.76. The maximum Gasteiger partial charge on any atom is 0.323 e. The highest BCUT2D eigenvalue weighted by atomic mass is 16.6. The van der Waals surface area contributed by atoms with Gasteiger partial charge in [-0.3, -0.25) is 25.2 Å². The Morgan fingerprint density at radius 1 is 1.00 bits per heavy atom. The summed E-state index contributed by atoms with van der Waals surface area (Å²) in [7, 11) is 0. The molecule has 41 heavy (non-hydrogen) atoms. The quantitative estimate of drug-likeness (QED) is 0.152. The highest BCUT2D eigenvalue weighted by molar-refractivity contribution is 5.74. The van der Waals surface area contributed by atoms with Gasteiger partial charge in [0.25, 0.3) is 0 Å². The molecule has 0 aliphatic rings. The van der Waals surface area contributed by atoms with Crippen LogP contribution in [0.4, 0.5) is 5.69 Å². The molecule has 4 rings (SSSR count). The number of benzene rings is 3. The maximum absolute atomic E-state index is 12.1. The molecule has 4 aromatic rings. The minimum atomic E-state index is -1.28. The Bertz CT molecular complexity index is 1490. The number of hydrogen-bond acceptors (Lipinski definition) is 8. The van der Waals surface area contributed by atoms with E-state index >= 15 is 0 Å². The number of ether oxygens (including phenoxy) is 2. The molecule has 1 heterocycles. The van der Waals surface area contributed by atoms with E-state index in [9.17, 15) is 25.1 Å². The van der Waals surface area contributed by atoms with E-state index in [0.29, 0.717) is 5.56 Å². The van der Waals surface area contributed by atoms with Crippen LogP contribution in [0.5, 0.6) is 11.5 Å². The normalized spacial score (nSPS) is 12.4. The lowest BCUT2D eigenvalue weighted by atomic mass is 9.97. The molecule has 0 saturated heterocycles. The van der Waals surface area contributed by atoms with Crippen molar-refractivity contribution < 1.29 is 29.4 Å². The molecule has 0 aliphatic heterocycles. The minimum Gasteiger partial charge on any atom is -0.488 e. The van der Waals surface area contributed by atoms with Crippen molar-refractivity contribution in [2.75, 3.05) is 0 Å². The second-order valence-corrected chi connectivity index (χ2v) is 9.52. The fourth-order valence-corrected chi connectivity index (χ4v) is 4.38. The predicted octanol–water partition coefficient (Wildman–Crippen LogP) is 5.05. The van der Waals surface area contributed by atoms with Crippen molar-refractivity contribution in [1.29, 1.82) is 0 Å². The average molecular weight is 558 g/mol. The molecule has 1 aromatic heterocycles. The summed E-state index contributed by atoms with van der Waals surface area (Å²) < 4.78 is 12.0.